The average Bonchev–Trinajstić information content (AvgIpc) is 3.10. The van der Waals surface area contributed by atoms with Gasteiger partial charge in [0.2, 0.25) is 5.91 Å². The molecule has 282 valence electrons. The lowest BCUT2D eigenvalue weighted by atomic mass is 9.86. The number of aryl methyl sites for hydroxylation is 2. The van der Waals surface area contributed by atoms with Crippen LogP contribution in [0.3, 0.4) is 0 Å². The molecule has 0 heterocycles. The van der Waals surface area contributed by atoms with Crippen molar-refractivity contribution in [2.24, 2.45) is 0 Å². The van der Waals surface area contributed by atoms with Gasteiger partial charge in [-0.3, -0.25) is 14.1 Å². The lowest BCUT2D eigenvalue weighted by Gasteiger charge is -2.20. The van der Waals surface area contributed by atoms with Gasteiger partial charge in [-0.1, -0.05) is 106 Å². The highest BCUT2D eigenvalue weighted by Gasteiger charge is 2.31. The van der Waals surface area contributed by atoms with E-state index in [0.717, 1.165) is 45.5 Å². The van der Waals surface area contributed by atoms with Crippen LogP contribution in [0.1, 0.15) is 83.3 Å². The van der Waals surface area contributed by atoms with Crippen LogP contribution in [0.4, 0.5) is 18.9 Å². The minimum Gasteiger partial charge on any atom is -0.326 e. The van der Waals surface area contributed by atoms with Crippen molar-refractivity contribution in [3.63, 3.8) is 0 Å². The fraction of sp³-hybridized carbons (Fsp3) is 0.273. The monoisotopic (exact) mass is 755 g/mol. The fourth-order valence-electron chi connectivity index (χ4n) is 6.47. The van der Waals surface area contributed by atoms with Crippen molar-refractivity contribution in [2.75, 3.05) is 11.1 Å². The van der Waals surface area contributed by atoms with Gasteiger partial charge in [-0.15, -0.1) is 0 Å². The first kappa shape index (κ1) is 40.1. The maximum atomic E-state index is 14.1. The summed E-state index contributed by atoms with van der Waals surface area (Å²) in [6.07, 6.45) is -4.16. The second-order valence-corrected chi connectivity index (χ2v) is 16.3. The molecule has 54 heavy (non-hydrogen) atoms. The molecule has 10 heteroatoms. The minimum atomic E-state index is -4.44. The molecular formula is C44H44F3NO5S. The summed E-state index contributed by atoms with van der Waals surface area (Å²) in [6.45, 7) is 9.98. The van der Waals surface area contributed by atoms with Crippen molar-refractivity contribution in [1.29, 1.82) is 0 Å². The number of alkyl halides is 3. The SMILES string of the molecule is Cc1cc(NC(=O)C(Cc2ccc(C(=O)CCCS(=O)(=O)O)cc2)c2ccc(-c3ccc(C(C)(C)C)cc3)cc2)ccc1-c1ccc(C(F)(F)F)cc1C. The van der Waals surface area contributed by atoms with Crippen molar-refractivity contribution >= 4 is 27.5 Å². The number of amides is 1. The summed E-state index contributed by atoms with van der Waals surface area (Å²) in [7, 11) is -4.15. The van der Waals surface area contributed by atoms with E-state index in [4.69, 9.17) is 4.55 Å². The molecule has 5 aromatic carbocycles. The summed E-state index contributed by atoms with van der Waals surface area (Å²) < 4.78 is 70.9. The van der Waals surface area contributed by atoms with Crippen LogP contribution in [0.2, 0.25) is 0 Å². The molecule has 1 atom stereocenters. The molecule has 5 rings (SSSR count). The number of rotatable bonds is 12. The van der Waals surface area contributed by atoms with Gasteiger partial charge in [-0.25, -0.2) is 0 Å². The zero-order valence-corrected chi connectivity index (χ0v) is 31.7. The molecule has 0 saturated carbocycles. The minimum absolute atomic E-state index is 0.00277. The topological polar surface area (TPSA) is 101 Å². The second kappa shape index (κ2) is 16.1. The first-order chi connectivity index (χ1) is 25.3. The van der Waals surface area contributed by atoms with Gasteiger partial charge in [0.15, 0.2) is 5.78 Å². The van der Waals surface area contributed by atoms with E-state index in [-0.39, 0.29) is 29.9 Å². The fourth-order valence-corrected chi connectivity index (χ4v) is 6.98. The molecule has 2 N–H and O–H groups in total. The molecule has 0 radical (unpaired) electrons. The maximum absolute atomic E-state index is 14.1. The van der Waals surface area contributed by atoms with E-state index in [0.29, 0.717) is 28.8 Å². The first-order valence-electron chi connectivity index (χ1n) is 17.7. The number of ketones is 1. The molecule has 1 unspecified atom stereocenters. The van der Waals surface area contributed by atoms with Crippen LogP contribution in [0.15, 0.2) is 109 Å². The molecule has 6 nitrogen and oxygen atoms in total. The van der Waals surface area contributed by atoms with Gasteiger partial charge in [0.25, 0.3) is 10.1 Å². The quantitative estimate of drug-likeness (QED) is 0.0975. The first-order valence-corrected chi connectivity index (χ1v) is 19.3. The van der Waals surface area contributed by atoms with Crippen LogP contribution in [0, 0.1) is 13.8 Å². The number of carbonyl (C=O) groups is 2. The van der Waals surface area contributed by atoms with E-state index >= 15 is 0 Å². The molecule has 0 bridgehead atoms. The van der Waals surface area contributed by atoms with Crippen molar-refractivity contribution in [1.82, 2.24) is 0 Å². The van der Waals surface area contributed by atoms with E-state index in [9.17, 15) is 31.2 Å². The number of benzene rings is 5. The molecule has 0 aliphatic heterocycles. The molecule has 0 aliphatic rings. The molecule has 1 amide bonds. The summed E-state index contributed by atoms with van der Waals surface area (Å²) in [4.78, 5) is 26.7. The standard InChI is InChI=1S/C44H44F3NO5S/c1-28-25-36(44(45,46)47)20-22-38(28)39-23-21-37(26-29(39)2)48-42(50)40(27-30-8-10-34(11-9-30)41(49)7-6-24-54(51,52)53)33-14-12-31(13-15-33)32-16-18-35(19-17-32)43(3,4)5/h8-23,25-26,40H,6-7,24,27H2,1-5H3,(H,48,50)(H,51,52,53). The largest absolute Gasteiger partial charge is 0.416 e. The highest BCUT2D eigenvalue weighted by Crippen LogP contribution is 2.35. The highest BCUT2D eigenvalue weighted by atomic mass is 32.2. The molecule has 0 aliphatic carbocycles. The Balaban J connectivity index is 1.39. The number of carbonyl (C=O) groups excluding carboxylic acids is 2. The Morgan fingerprint density at radius 1 is 0.722 bits per heavy atom. The van der Waals surface area contributed by atoms with Gasteiger partial charge >= 0.3 is 6.18 Å². The number of Topliss-reactive ketones (excluding diaryl/α,β-unsaturated/α-hetero) is 1. The van der Waals surface area contributed by atoms with Crippen molar-refractivity contribution < 1.29 is 35.7 Å². The number of halogens is 3. The Bertz CT molecular complexity index is 2240. The van der Waals surface area contributed by atoms with Gasteiger partial charge in [0, 0.05) is 17.7 Å². The molecule has 0 saturated heterocycles. The van der Waals surface area contributed by atoms with Crippen LogP contribution in [-0.4, -0.2) is 30.4 Å². The maximum Gasteiger partial charge on any atom is 0.416 e. The third-order valence-electron chi connectivity index (χ3n) is 9.57. The Morgan fingerprint density at radius 3 is 1.78 bits per heavy atom. The van der Waals surface area contributed by atoms with Crippen LogP contribution in [-0.2, 0) is 32.9 Å². The predicted molar refractivity (Wildman–Crippen MR) is 208 cm³/mol. The Kier molecular flexibility index (Phi) is 12.0. The number of hydrogen-bond donors (Lipinski definition) is 2. The lowest BCUT2D eigenvalue weighted by Crippen LogP contribution is -2.23. The van der Waals surface area contributed by atoms with Gasteiger partial charge in [-0.2, -0.15) is 21.6 Å². The highest BCUT2D eigenvalue weighted by molar-refractivity contribution is 7.85. The predicted octanol–water partition coefficient (Wildman–Crippen LogP) is 10.8. The summed E-state index contributed by atoms with van der Waals surface area (Å²) in [5, 5.41) is 3.04. The smallest absolute Gasteiger partial charge is 0.326 e. The Morgan fingerprint density at radius 2 is 1.26 bits per heavy atom. The van der Waals surface area contributed by atoms with Crippen molar-refractivity contribution in [3.05, 3.63) is 148 Å². The van der Waals surface area contributed by atoms with E-state index in [2.05, 4.69) is 50.4 Å². The zero-order chi connectivity index (χ0) is 39.4. The zero-order valence-electron chi connectivity index (χ0n) is 30.9. The lowest BCUT2D eigenvalue weighted by molar-refractivity contribution is -0.137. The van der Waals surface area contributed by atoms with E-state index in [1.807, 2.05) is 31.2 Å². The number of hydrogen-bond acceptors (Lipinski definition) is 4. The van der Waals surface area contributed by atoms with Gasteiger partial charge in [0.05, 0.1) is 17.2 Å². The molecule has 0 spiro atoms. The third-order valence-corrected chi connectivity index (χ3v) is 10.4. The third kappa shape index (κ3) is 10.3. The van der Waals surface area contributed by atoms with Crippen LogP contribution in [0.5, 0.6) is 0 Å². The summed E-state index contributed by atoms with van der Waals surface area (Å²) in [5.74, 6) is -1.64. The summed E-state index contributed by atoms with van der Waals surface area (Å²) >= 11 is 0. The Labute approximate surface area is 315 Å². The van der Waals surface area contributed by atoms with E-state index < -0.39 is 33.5 Å². The summed E-state index contributed by atoms with van der Waals surface area (Å²) in [6, 6.07) is 32.1. The van der Waals surface area contributed by atoms with Crippen molar-refractivity contribution in [3.8, 4) is 22.3 Å². The normalized spacial score (nSPS) is 12.7. The molecule has 0 aromatic heterocycles. The molecule has 5 aromatic rings. The average molecular weight is 756 g/mol. The van der Waals surface area contributed by atoms with Gasteiger partial charge in [0.1, 0.15) is 0 Å². The number of anilines is 1. The van der Waals surface area contributed by atoms with Crippen molar-refractivity contribution in [2.45, 2.75) is 71.4 Å². The van der Waals surface area contributed by atoms with E-state index in [1.165, 1.54) is 11.6 Å². The number of nitrogens with one attached hydrogen (secondary N) is 1. The second-order valence-electron chi connectivity index (χ2n) is 14.8. The van der Waals surface area contributed by atoms with Crippen LogP contribution < -0.4 is 5.32 Å². The molecule has 0 fully saturated rings. The van der Waals surface area contributed by atoms with Crippen LogP contribution in [0.25, 0.3) is 22.3 Å². The van der Waals surface area contributed by atoms with Crippen LogP contribution >= 0.6 is 0 Å². The molecular weight excluding hydrogens is 712 g/mol. The van der Waals surface area contributed by atoms with Gasteiger partial charge in [-0.05, 0) is 106 Å². The van der Waals surface area contributed by atoms with Gasteiger partial charge < -0.3 is 5.32 Å². The van der Waals surface area contributed by atoms with E-state index in [1.54, 1.807) is 49.4 Å². The Hall–Kier alpha value is -5.06. The summed E-state index contributed by atoms with van der Waals surface area (Å²) in [5.41, 5.74) is 7.81.